The van der Waals surface area contributed by atoms with E-state index in [1.165, 1.54) is 57.8 Å². The Labute approximate surface area is 143 Å². The summed E-state index contributed by atoms with van der Waals surface area (Å²) in [7, 11) is 0. The van der Waals surface area contributed by atoms with Gasteiger partial charge in [-0.1, -0.05) is 33.6 Å². The molecule has 0 unspecified atom stereocenters. The van der Waals surface area contributed by atoms with Crippen molar-refractivity contribution in [2.75, 3.05) is 0 Å². The lowest BCUT2D eigenvalue weighted by atomic mass is 9.45. The van der Waals surface area contributed by atoms with Crippen LogP contribution in [0.5, 0.6) is 0 Å². The molecule has 0 aliphatic heterocycles. The van der Waals surface area contributed by atoms with Crippen LogP contribution in [0.3, 0.4) is 0 Å². The molecule has 8 atom stereocenters. The van der Waals surface area contributed by atoms with Crippen molar-refractivity contribution >= 4 is 5.78 Å². The summed E-state index contributed by atoms with van der Waals surface area (Å²) in [6.07, 6.45) is 12.9. The van der Waals surface area contributed by atoms with Crippen LogP contribution in [0.4, 0.5) is 0 Å². The standard InChI is InChI=1S/C22H36O/c1-14-13-19-17-9-8-16-7-5-6-11-21(16,3)18(17)10-12-22(19,4)20(14)15(2)23/h14,16-20H,5-13H2,1-4H3/t14-,16-,17-,18+,19+,20-,21+,22+/m1/s1. The summed E-state index contributed by atoms with van der Waals surface area (Å²) in [5.41, 5.74) is 0.935. The molecule has 0 aromatic carbocycles. The molecule has 0 N–H and O–H groups in total. The van der Waals surface area contributed by atoms with Gasteiger partial charge in [0.1, 0.15) is 5.78 Å². The van der Waals surface area contributed by atoms with Crippen LogP contribution in [0.1, 0.15) is 85.5 Å². The Morgan fingerprint density at radius 3 is 2.43 bits per heavy atom. The fourth-order valence-electron chi connectivity index (χ4n) is 8.52. The average Bonchev–Trinajstić information content (AvgIpc) is 2.77. The van der Waals surface area contributed by atoms with Gasteiger partial charge in [-0.25, -0.2) is 0 Å². The normalized spacial score (nSPS) is 55.7. The third kappa shape index (κ3) is 2.13. The van der Waals surface area contributed by atoms with E-state index in [1.54, 1.807) is 0 Å². The maximum absolute atomic E-state index is 12.4. The van der Waals surface area contributed by atoms with Gasteiger partial charge in [0.15, 0.2) is 0 Å². The zero-order chi connectivity index (χ0) is 16.4. The van der Waals surface area contributed by atoms with E-state index in [9.17, 15) is 4.79 Å². The molecule has 0 aromatic heterocycles. The number of carbonyl (C=O) groups is 1. The van der Waals surface area contributed by atoms with Gasteiger partial charge in [-0.05, 0) is 92.3 Å². The first-order valence-corrected chi connectivity index (χ1v) is 10.4. The van der Waals surface area contributed by atoms with Crippen molar-refractivity contribution < 1.29 is 4.79 Å². The summed E-state index contributed by atoms with van der Waals surface area (Å²) in [4.78, 5) is 12.4. The highest BCUT2D eigenvalue weighted by Gasteiger charge is 2.61. The Morgan fingerprint density at radius 1 is 0.913 bits per heavy atom. The number of fused-ring (bicyclic) bond motifs is 5. The lowest BCUT2D eigenvalue weighted by Gasteiger charge is -2.60. The Kier molecular flexibility index (Phi) is 3.75. The Balaban J connectivity index is 1.66. The minimum atomic E-state index is 0.310. The van der Waals surface area contributed by atoms with Gasteiger partial charge in [-0.3, -0.25) is 4.79 Å². The average molecular weight is 317 g/mol. The van der Waals surface area contributed by atoms with E-state index in [4.69, 9.17) is 0 Å². The molecule has 4 aliphatic rings. The Morgan fingerprint density at radius 2 is 1.70 bits per heavy atom. The number of Topliss-reactive ketones (excluding diaryl/α,β-unsaturated/α-hetero) is 1. The number of hydrogen-bond donors (Lipinski definition) is 0. The van der Waals surface area contributed by atoms with Gasteiger partial charge in [0.2, 0.25) is 0 Å². The third-order valence-corrected chi connectivity index (χ3v) is 9.36. The van der Waals surface area contributed by atoms with Gasteiger partial charge in [0.25, 0.3) is 0 Å². The Bertz CT molecular complexity index is 496. The summed E-state index contributed by atoms with van der Waals surface area (Å²) >= 11 is 0. The highest BCUT2D eigenvalue weighted by molar-refractivity contribution is 5.80. The first-order valence-electron chi connectivity index (χ1n) is 10.4. The number of carbonyl (C=O) groups excluding carboxylic acids is 1. The SMILES string of the molecule is CC(=O)[C@H]1[C@H](C)C[C@H]2[C@@H]3CC[C@H]4CCCC[C@]4(C)[C@H]3CC[C@@]21C. The topological polar surface area (TPSA) is 17.1 Å². The predicted molar refractivity (Wildman–Crippen MR) is 95.1 cm³/mol. The Hall–Kier alpha value is -0.330. The quantitative estimate of drug-likeness (QED) is 0.591. The van der Waals surface area contributed by atoms with E-state index in [0.29, 0.717) is 28.4 Å². The molecule has 23 heavy (non-hydrogen) atoms. The summed E-state index contributed by atoms with van der Waals surface area (Å²) in [5.74, 6) is 5.12. The molecule has 1 nitrogen and oxygen atoms in total. The molecule has 0 bridgehead atoms. The lowest BCUT2D eigenvalue weighted by molar-refractivity contribution is -0.134. The first-order chi connectivity index (χ1) is 10.9. The van der Waals surface area contributed by atoms with Crippen molar-refractivity contribution in [3.05, 3.63) is 0 Å². The zero-order valence-corrected chi connectivity index (χ0v) is 15.7. The van der Waals surface area contributed by atoms with E-state index in [0.717, 1.165) is 23.7 Å². The molecule has 4 saturated carbocycles. The molecule has 0 spiro atoms. The molecule has 0 saturated heterocycles. The fraction of sp³-hybridized carbons (Fsp3) is 0.955. The molecule has 4 aliphatic carbocycles. The zero-order valence-electron chi connectivity index (χ0n) is 15.7. The summed E-state index contributed by atoms with van der Waals surface area (Å²) < 4.78 is 0. The van der Waals surface area contributed by atoms with Crippen molar-refractivity contribution in [1.82, 2.24) is 0 Å². The second-order valence-corrected chi connectivity index (χ2v) is 10.2. The molecular formula is C22H36O. The van der Waals surface area contributed by atoms with E-state index in [-0.39, 0.29) is 0 Å². The highest BCUT2D eigenvalue weighted by Crippen LogP contribution is 2.68. The van der Waals surface area contributed by atoms with E-state index < -0.39 is 0 Å². The minimum absolute atomic E-state index is 0.310. The van der Waals surface area contributed by atoms with Crippen molar-refractivity contribution in [1.29, 1.82) is 0 Å². The van der Waals surface area contributed by atoms with E-state index in [2.05, 4.69) is 20.8 Å². The molecular weight excluding hydrogens is 280 g/mol. The molecule has 4 rings (SSSR count). The predicted octanol–water partition coefficient (Wildman–Crippen LogP) is 5.87. The van der Waals surface area contributed by atoms with Crippen molar-refractivity contribution in [2.45, 2.75) is 85.5 Å². The van der Waals surface area contributed by atoms with Crippen LogP contribution in [-0.4, -0.2) is 5.78 Å². The van der Waals surface area contributed by atoms with Gasteiger partial charge < -0.3 is 0 Å². The third-order valence-electron chi connectivity index (χ3n) is 9.36. The molecule has 0 amide bonds. The fourth-order valence-corrected chi connectivity index (χ4v) is 8.52. The summed E-state index contributed by atoms with van der Waals surface area (Å²) in [5, 5.41) is 0. The number of hydrogen-bond acceptors (Lipinski definition) is 1. The molecule has 130 valence electrons. The molecule has 0 aromatic rings. The lowest BCUT2D eigenvalue weighted by Crippen LogP contribution is -2.53. The van der Waals surface area contributed by atoms with Crippen molar-refractivity contribution in [3.8, 4) is 0 Å². The van der Waals surface area contributed by atoms with Gasteiger partial charge in [0.05, 0.1) is 0 Å². The largest absolute Gasteiger partial charge is 0.300 e. The van der Waals surface area contributed by atoms with Crippen LogP contribution in [-0.2, 0) is 4.79 Å². The summed E-state index contributed by atoms with van der Waals surface area (Å²) in [6.45, 7) is 9.36. The van der Waals surface area contributed by atoms with Gasteiger partial charge in [-0.15, -0.1) is 0 Å². The highest BCUT2D eigenvalue weighted by atomic mass is 16.1. The van der Waals surface area contributed by atoms with Crippen LogP contribution in [0, 0.1) is 46.3 Å². The minimum Gasteiger partial charge on any atom is -0.300 e. The summed E-state index contributed by atoms with van der Waals surface area (Å²) in [6, 6.07) is 0. The van der Waals surface area contributed by atoms with E-state index in [1.807, 2.05) is 6.92 Å². The second kappa shape index (κ2) is 5.33. The van der Waals surface area contributed by atoms with Gasteiger partial charge >= 0.3 is 0 Å². The van der Waals surface area contributed by atoms with Crippen molar-refractivity contribution in [3.63, 3.8) is 0 Å². The number of rotatable bonds is 1. The maximum atomic E-state index is 12.4. The monoisotopic (exact) mass is 316 g/mol. The molecule has 4 fully saturated rings. The molecule has 0 radical (unpaired) electrons. The van der Waals surface area contributed by atoms with Gasteiger partial charge in [-0.2, -0.15) is 0 Å². The maximum Gasteiger partial charge on any atom is 0.133 e. The van der Waals surface area contributed by atoms with Crippen LogP contribution in [0.2, 0.25) is 0 Å². The van der Waals surface area contributed by atoms with Gasteiger partial charge in [0, 0.05) is 5.92 Å². The molecule has 0 heterocycles. The van der Waals surface area contributed by atoms with Crippen LogP contribution < -0.4 is 0 Å². The first kappa shape index (κ1) is 16.2. The smallest absolute Gasteiger partial charge is 0.133 e. The van der Waals surface area contributed by atoms with E-state index >= 15 is 0 Å². The van der Waals surface area contributed by atoms with Crippen molar-refractivity contribution in [2.24, 2.45) is 46.3 Å². The van der Waals surface area contributed by atoms with Crippen LogP contribution >= 0.6 is 0 Å². The van der Waals surface area contributed by atoms with Crippen LogP contribution in [0.15, 0.2) is 0 Å². The van der Waals surface area contributed by atoms with Crippen LogP contribution in [0.25, 0.3) is 0 Å². The second-order valence-electron chi connectivity index (χ2n) is 10.2. The molecule has 1 heteroatoms. The number of ketones is 1.